The minimum absolute atomic E-state index is 0.0191. The third-order valence-corrected chi connectivity index (χ3v) is 5.89. The Morgan fingerprint density at radius 3 is 2.75 bits per heavy atom. The van der Waals surface area contributed by atoms with Crippen LogP contribution >= 0.6 is 0 Å². The number of carbonyl (C=O) groups excluding carboxylic acids is 1. The largest absolute Gasteiger partial charge is 0.496 e. The number of hydrogen-bond donors (Lipinski definition) is 2. The highest BCUT2D eigenvalue weighted by Gasteiger charge is 2.16. The zero-order valence-corrected chi connectivity index (χ0v) is 19.9. The molecule has 2 aromatic carbocycles. The van der Waals surface area contributed by atoms with Gasteiger partial charge < -0.3 is 28.9 Å². The minimum atomic E-state index is -0.0191. The van der Waals surface area contributed by atoms with E-state index in [0.717, 1.165) is 35.5 Å². The van der Waals surface area contributed by atoms with Gasteiger partial charge in [0.25, 0.3) is 6.01 Å². The van der Waals surface area contributed by atoms with Gasteiger partial charge in [-0.3, -0.25) is 9.69 Å². The predicted molar refractivity (Wildman–Crippen MR) is 133 cm³/mol. The molecule has 5 rings (SSSR count). The number of rotatable bonds is 9. The molecule has 0 atom stereocenters. The quantitative estimate of drug-likeness (QED) is 0.363. The molecule has 0 spiro atoms. The van der Waals surface area contributed by atoms with Gasteiger partial charge in [-0.15, -0.1) is 0 Å². The van der Waals surface area contributed by atoms with Gasteiger partial charge in [-0.25, -0.2) is 9.97 Å². The first-order valence-corrected chi connectivity index (χ1v) is 11.6. The zero-order valence-electron chi connectivity index (χ0n) is 19.9. The Labute approximate surface area is 208 Å². The fourth-order valence-corrected chi connectivity index (χ4v) is 4.03. The summed E-state index contributed by atoms with van der Waals surface area (Å²) in [7, 11) is 1.60. The molecule has 2 aromatic heterocycles. The Morgan fingerprint density at radius 1 is 1.08 bits per heavy atom. The first-order valence-electron chi connectivity index (χ1n) is 11.6. The molecule has 0 unspecified atom stereocenters. The molecule has 0 aliphatic carbocycles. The number of amides is 1. The van der Waals surface area contributed by atoms with E-state index in [2.05, 4.69) is 25.5 Å². The highest BCUT2D eigenvalue weighted by atomic mass is 16.5. The maximum Gasteiger partial charge on any atom is 0.299 e. The second-order valence-corrected chi connectivity index (χ2v) is 8.26. The van der Waals surface area contributed by atoms with E-state index in [9.17, 15) is 4.79 Å². The van der Waals surface area contributed by atoms with Crippen LogP contribution in [-0.4, -0.2) is 60.7 Å². The molecule has 1 saturated heterocycles. The van der Waals surface area contributed by atoms with E-state index in [0.29, 0.717) is 49.6 Å². The Morgan fingerprint density at radius 2 is 1.94 bits per heavy atom. The van der Waals surface area contributed by atoms with Crippen molar-refractivity contribution in [2.24, 2.45) is 0 Å². The standard InChI is InChI=1S/C26H27N5O5/c1-33-22-12-19(6-7-21(22)23-14-27-17-35-23)30-26-29-15-24(36-26)20-5-3-2-4-18(20)13-28-25(32)16-31-8-10-34-11-9-31/h2-7,12,14-15,17H,8-11,13,16H2,1H3,(H,28,32)(H,29,30). The lowest BCUT2D eigenvalue weighted by Crippen LogP contribution is -2.43. The summed E-state index contributed by atoms with van der Waals surface area (Å²) >= 11 is 0. The number of ether oxygens (including phenoxy) is 2. The monoisotopic (exact) mass is 489 g/mol. The average molecular weight is 490 g/mol. The van der Waals surface area contributed by atoms with E-state index in [1.165, 1.54) is 6.39 Å². The van der Waals surface area contributed by atoms with Gasteiger partial charge in [0.15, 0.2) is 17.9 Å². The van der Waals surface area contributed by atoms with Crippen LogP contribution in [0.15, 0.2) is 70.1 Å². The van der Waals surface area contributed by atoms with Crippen LogP contribution in [0.1, 0.15) is 5.56 Å². The van der Waals surface area contributed by atoms with Crippen molar-refractivity contribution in [1.29, 1.82) is 0 Å². The van der Waals surface area contributed by atoms with Gasteiger partial charge in [0.1, 0.15) is 5.75 Å². The molecule has 0 radical (unpaired) electrons. The van der Waals surface area contributed by atoms with Crippen LogP contribution < -0.4 is 15.4 Å². The molecule has 0 saturated carbocycles. The van der Waals surface area contributed by atoms with Crippen LogP contribution in [0.4, 0.5) is 11.7 Å². The molecule has 186 valence electrons. The summed E-state index contributed by atoms with van der Waals surface area (Å²) in [6.45, 7) is 3.62. The first kappa shape index (κ1) is 23.6. The number of hydrogen-bond acceptors (Lipinski definition) is 9. The van der Waals surface area contributed by atoms with E-state index in [4.69, 9.17) is 18.3 Å². The van der Waals surface area contributed by atoms with Crippen LogP contribution in [0, 0.1) is 0 Å². The van der Waals surface area contributed by atoms with E-state index < -0.39 is 0 Å². The van der Waals surface area contributed by atoms with Crippen molar-refractivity contribution in [2.45, 2.75) is 6.54 Å². The summed E-state index contributed by atoms with van der Waals surface area (Å²) in [6.07, 6.45) is 4.67. The van der Waals surface area contributed by atoms with Crippen LogP contribution in [0.25, 0.3) is 22.6 Å². The van der Waals surface area contributed by atoms with Gasteiger partial charge >= 0.3 is 0 Å². The molecule has 36 heavy (non-hydrogen) atoms. The molecule has 10 heteroatoms. The maximum absolute atomic E-state index is 12.4. The number of methoxy groups -OCH3 is 1. The maximum atomic E-state index is 12.4. The zero-order chi connectivity index (χ0) is 24.7. The fraction of sp³-hybridized carbons (Fsp3) is 0.269. The van der Waals surface area contributed by atoms with Gasteiger partial charge in [0, 0.05) is 37.0 Å². The molecule has 1 aliphatic rings. The fourth-order valence-electron chi connectivity index (χ4n) is 4.03. The molecule has 0 bridgehead atoms. The van der Waals surface area contributed by atoms with E-state index in [1.807, 2.05) is 42.5 Å². The van der Waals surface area contributed by atoms with Gasteiger partial charge in [-0.05, 0) is 17.7 Å². The van der Waals surface area contributed by atoms with Crippen molar-refractivity contribution in [1.82, 2.24) is 20.2 Å². The number of carbonyl (C=O) groups is 1. The minimum Gasteiger partial charge on any atom is -0.496 e. The topological polar surface area (TPSA) is 115 Å². The second-order valence-electron chi connectivity index (χ2n) is 8.26. The van der Waals surface area contributed by atoms with E-state index >= 15 is 0 Å². The highest BCUT2D eigenvalue weighted by Crippen LogP contribution is 2.34. The molecule has 10 nitrogen and oxygen atoms in total. The summed E-state index contributed by atoms with van der Waals surface area (Å²) in [5.41, 5.74) is 3.34. The molecule has 3 heterocycles. The van der Waals surface area contributed by atoms with Crippen molar-refractivity contribution in [3.05, 3.63) is 66.8 Å². The molecule has 1 fully saturated rings. The summed E-state index contributed by atoms with van der Waals surface area (Å²) in [5.74, 6) is 1.82. The Kier molecular flexibility index (Phi) is 7.25. The van der Waals surface area contributed by atoms with Gasteiger partial charge in [-0.2, -0.15) is 0 Å². The molecule has 4 aromatic rings. The van der Waals surface area contributed by atoms with E-state index in [1.54, 1.807) is 19.5 Å². The first-order chi connectivity index (χ1) is 17.7. The van der Waals surface area contributed by atoms with Gasteiger partial charge in [-0.1, -0.05) is 24.3 Å². The van der Waals surface area contributed by atoms with Crippen molar-refractivity contribution in [3.8, 4) is 28.4 Å². The Balaban J connectivity index is 1.25. The van der Waals surface area contributed by atoms with Crippen molar-refractivity contribution in [3.63, 3.8) is 0 Å². The summed E-state index contributed by atoms with van der Waals surface area (Å²) < 4.78 is 22.2. The second kappa shape index (κ2) is 11.1. The van der Waals surface area contributed by atoms with Gasteiger partial charge in [0.2, 0.25) is 5.91 Å². The SMILES string of the molecule is COc1cc(Nc2ncc(-c3ccccc3CNC(=O)CN3CCOCC3)o2)ccc1-c1cnco1. The third kappa shape index (κ3) is 5.56. The number of benzene rings is 2. The number of nitrogens with one attached hydrogen (secondary N) is 2. The van der Waals surface area contributed by atoms with Crippen molar-refractivity contribution < 1.29 is 23.1 Å². The molecule has 1 aliphatic heterocycles. The third-order valence-electron chi connectivity index (χ3n) is 5.89. The van der Waals surface area contributed by atoms with Crippen LogP contribution in [0.3, 0.4) is 0 Å². The number of morpholine rings is 1. The lowest BCUT2D eigenvalue weighted by molar-refractivity contribution is -0.123. The van der Waals surface area contributed by atoms with Crippen molar-refractivity contribution >= 4 is 17.6 Å². The predicted octanol–water partition coefficient (Wildman–Crippen LogP) is 3.70. The number of nitrogens with zero attached hydrogens (tertiary/aromatic N) is 3. The lowest BCUT2D eigenvalue weighted by atomic mass is 10.1. The summed E-state index contributed by atoms with van der Waals surface area (Å²) in [4.78, 5) is 22.9. The number of oxazole rings is 2. The van der Waals surface area contributed by atoms with Crippen LogP contribution in [0.2, 0.25) is 0 Å². The summed E-state index contributed by atoms with van der Waals surface area (Å²) in [5, 5.41) is 6.17. The normalized spacial score (nSPS) is 13.9. The van der Waals surface area contributed by atoms with Crippen LogP contribution in [-0.2, 0) is 16.1 Å². The summed E-state index contributed by atoms with van der Waals surface area (Å²) in [6, 6.07) is 13.7. The lowest BCUT2D eigenvalue weighted by Gasteiger charge is -2.25. The van der Waals surface area contributed by atoms with Crippen molar-refractivity contribution in [2.75, 3.05) is 45.3 Å². The number of aromatic nitrogens is 2. The molecular weight excluding hydrogens is 462 g/mol. The Bertz CT molecular complexity index is 1300. The Hall–Kier alpha value is -4.15. The van der Waals surface area contributed by atoms with Crippen LogP contribution in [0.5, 0.6) is 5.75 Å². The number of anilines is 2. The molecule has 1 amide bonds. The van der Waals surface area contributed by atoms with E-state index in [-0.39, 0.29) is 5.91 Å². The average Bonchev–Trinajstić information content (AvgIpc) is 3.61. The molecular formula is C26H27N5O5. The van der Waals surface area contributed by atoms with Gasteiger partial charge in [0.05, 0.1) is 44.8 Å². The molecule has 2 N–H and O–H groups in total. The highest BCUT2D eigenvalue weighted by molar-refractivity contribution is 5.78. The smallest absolute Gasteiger partial charge is 0.299 e.